The minimum absolute atomic E-state index is 0.715. The van der Waals surface area contributed by atoms with Gasteiger partial charge in [0.2, 0.25) is 0 Å². The van der Waals surface area contributed by atoms with Crippen molar-refractivity contribution < 1.29 is 4.74 Å². The Hall–Kier alpha value is -2.30. The molecule has 0 aliphatic rings. The number of ether oxygens (including phenoxy) is 1. The Morgan fingerprint density at radius 2 is 2.17 bits per heavy atom. The number of methoxy groups -OCH3 is 1. The molecule has 5 heteroatoms. The highest BCUT2D eigenvalue weighted by molar-refractivity contribution is 5.81. The molecule has 0 spiro atoms. The topological polar surface area (TPSA) is 44.9 Å². The SMILES string of the molecule is COc1ccc2c(ccn2Cc2nncn2C)c1. The van der Waals surface area contributed by atoms with Crippen LogP contribution in [0.15, 0.2) is 36.8 Å². The third-order valence-corrected chi connectivity index (χ3v) is 3.10. The van der Waals surface area contributed by atoms with Crippen LogP contribution in [0.4, 0.5) is 0 Å². The van der Waals surface area contributed by atoms with E-state index in [4.69, 9.17) is 4.74 Å². The third-order valence-electron chi connectivity index (χ3n) is 3.10. The lowest BCUT2D eigenvalue weighted by Crippen LogP contribution is -2.04. The van der Waals surface area contributed by atoms with Crippen molar-refractivity contribution in [1.29, 1.82) is 0 Å². The third kappa shape index (κ3) is 1.73. The molecule has 0 aliphatic heterocycles. The molecule has 3 aromatic rings. The maximum atomic E-state index is 5.22. The quantitative estimate of drug-likeness (QED) is 0.703. The molecule has 3 rings (SSSR count). The van der Waals surface area contributed by atoms with E-state index in [1.54, 1.807) is 13.4 Å². The normalized spacial score (nSPS) is 11.0. The van der Waals surface area contributed by atoms with Gasteiger partial charge in [0.05, 0.1) is 13.7 Å². The van der Waals surface area contributed by atoms with Crippen LogP contribution in [0.2, 0.25) is 0 Å². The van der Waals surface area contributed by atoms with E-state index in [-0.39, 0.29) is 0 Å². The zero-order valence-corrected chi connectivity index (χ0v) is 10.4. The molecule has 92 valence electrons. The fourth-order valence-electron chi connectivity index (χ4n) is 2.05. The van der Waals surface area contributed by atoms with Gasteiger partial charge in [0.15, 0.2) is 5.82 Å². The number of benzene rings is 1. The van der Waals surface area contributed by atoms with Crippen LogP contribution in [0.25, 0.3) is 10.9 Å². The van der Waals surface area contributed by atoms with Gasteiger partial charge in [-0.2, -0.15) is 0 Å². The lowest BCUT2D eigenvalue weighted by atomic mass is 10.2. The molecule has 0 saturated heterocycles. The average molecular weight is 242 g/mol. The van der Waals surface area contributed by atoms with E-state index in [0.717, 1.165) is 17.0 Å². The molecule has 0 aliphatic carbocycles. The van der Waals surface area contributed by atoms with Gasteiger partial charge in [0, 0.05) is 24.1 Å². The highest BCUT2D eigenvalue weighted by atomic mass is 16.5. The molecule has 2 heterocycles. The summed E-state index contributed by atoms with van der Waals surface area (Å²) in [5.41, 5.74) is 1.17. The van der Waals surface area contributed by atoms with Crippen molar-refractivity contribution in [2.75, 3.05) is 7.11 Å². The first-order chi connectivity index (χ1) is 8.78. The Balaban J connectivity index is 2.00. The Bertz CT molecular complexity index is 683. The molecule has 0 bridgehead atoms. The van der Waals surface area contributed by atoms with Gasteiger partial charge >= 0.3 is 0 Å². The van der Waals surface area contributed by atoms with Crippen LogP contribution in [0.5, 0.6) is 5.75 Å². The number of hydrogen-bond donors (Lipinski definition) is 0. The number of aromatic nitrogens is 4. The summed E-state index contributed by atoms with van der Waals surface area (Å²) < 4.78 is 9.30. The first-order valence-electron chi connectivity index (χ1n) is 5.73. The number of nitrogens with zero attached hydrogens (tertiary/aromatic N) is 4. The predicted molar refractivity (Wildman–Crippen MR) is 68.6 cm³/mol. The van der Waals surface area contributed by atoms with E-state index >= 15 is 0 Å². The molecule has 0 N–H and O–H groups in total. The van der Waals surface area contributed by atoms with Crippen LogP contribution < -0.4 is 4.74 Å². The molecule has 0 unspecified atom stereocenters. The Morgan fingerprint density at radius 3 is 2.89 bits per heavy atom. The Labute approximate surface area is 105 Å². The van der Waals surface area contributed by atoms with Crippen LogP contribution in [0, 0.1) is 0 Å². The zero-order chi connectivity index (χ0) is 12.5. The van der Waals surface area contributed by atoms with Gasteiger partial charge in [-0.3, -0.25) is 0 Å². The second-order valence-electron chi connectivity index (χ2n) is 4.23. The van der Waals surface area contributed by atoms with Crippen molar-refractivity contribution in [1.82, 2.24) is 19.3 Å². The van der Waals surface area contributed by atoms with Gasteiger partial charge in [-0.1, -0.05) is 0 Å². The van der Waals surface area contributed by atoms with E-state index in [1.165, 1.54) is 5.52 Å². The molecule has 0 fully saturated rings. The second kappa shape index (κ2) is 4.18. The predicted octanol–water partition coefficient (Wildman–Crippen LogP) is 1.83. The highest BCUT2D eigenvalue weighted by Crippen LogP contribution is 2.22. The van der Waals surface area contributed by atoms with Crippen molar-refractivity contribution in [3.8, 4) is 5.75 Å². The summed E-state index contributed by atoms with van der Waals surface area (Å²) in [4.78, 5) is 0. The first-order valence-corrected chi connectivity index (χ1v) is 5.73. The first kappa shape index (κ1) is 10.8. The fraction of sp³-hybridized carbons (Fsp3) is 0.231. The van der Waals surface area contributed by atoms with Gasteiger partial charge in [-0.05, 0) is 24.3 Å². The largest absolute Gasteiger partial charge is 0.497 e. The molecular weight excluding hydrogens is 228 g/mol. The fourth-order valence-corrected chi connectivity index (χ4v) is 2.05. The van der Waals surface area contributed by atoms with E-state index in [0.29, 0.717) is 6.54 Å². The molecule has 2 aromatic heterocycles. The van der Waals surface area contributed by atoms with E-state index in [1.807, 2.05) is 23.7 Å². The van der Waals surface area contributed by atoms with Gasteiger partial charge in [-0.15, -0.1) is 10.2 Å². The zero-order valence-electron chi connectivity index (χ0n) is 10.4. The van der Waals surface area contributed by atoms with Gasteiger partial charge in [-0.25, -0.2) is 0 Å². The maximum absolute atomic E-state index is 5.22. The standard InChI is InChI=1S/C13H14N4O/c1-16-9-14-15-13(16)8-17-6-5-10-7-11(18-2)3-4-12(10)17/h3-7,9H,8H2,1-2H3. The summed E-state index contributed by atoms with van der Waals surface area (Å²) in [5, 5.41) is 9.15. The van der Waals surface area contributed by atoms with Crippen LogP contribution in [0.1, 0.15) is 5.82 Å². The van der Waals surface area contributed by atoms with Crippen molar-refractivity contribution in [2.24, 2.45) is 7.05 Å². The smallest absolute Gasteiger partial charge is 0.152 e. The van der Waals surface area contributed by atoms with Gasteiger partial charge in [0.25, 0.3) is 0 Å². The molecule has 0 saturated carbocycles. The van der Waals surface area contributed by atoms with Crippen molar-refractivity contribution in [3.63, 3.8) is 0 Å². The maximum Gasteiger partial charge on any atom is 0.152 e. The van der Waals surface area contributed by atoms with Crippen molar-refractivity contribution >= 4 is 10.9 Å². The summed E-state index contributed by atoms with van der Waals surface area (Å²) >= 11 is 0. The number of fused-ring (bicyclic) bond motifs is 1. The molecule has 0 amide bonds. The summed E-state index contributed by atoms with van der Waals surface area (Å²) in [6.07, 6.45) is 3.77. The van der Waals surface area contributed by atoms with Crippen LogP contribution in [0.3, 0.4) is 0 Å². The van der Waals surface area contributed by atoms with Gasteiger partial charge in [0.1, 0.15) is 12.1 Å². The van der Waals surface area contributed by atoms with Crippen LogP contribution in [-0.2, 0) is 13.6 Å². The Morgan fingerprint density at radius 1 is 1.28 bits per heavy atom. The summed E-state index contributed by atoms with van der Waals surface area (Å²) in [6, 6.07) is 8.14. The Kier molecular flexibility index (Phi) is 2.51. The minimum atomic E-state index is 0.715. The number of rotatable bonds is 3. The molecule has 5 nitrogen and oxygen atoms in total. The average Bonchev–Trinajstić information content (AvgIpc) is 2.97. The van der Waals surface area contributed by atoms with E-state index in [2.05, 4.69) is 33.1 Å². The van der Waals surface area contributed by atoms with E-state index in [9.17, 15) is 0 Å². The van der Waals surface area contributed by atoms with Gasteiger partial charge < -0.3 is 13.9 Å². The number of aryl methyl sites for hydroxylation is 1. The summed E-state index contributed by atoms with van der Waals surface area (Å²) in [6.45, 7) is 0.715. The van der Waals surface area contributed by atoms with Crippen LogP contribution in [-0.4, -0.2) is 26.4 Å². The van der Waals surface area contributed by atoms with Crippen LogP contribution >= 0.6 is 0 Å². The molecule has 18 heavy (non-hydrogen) atoms. The second-order valence-corrected chi connectivity index (χ2v) is 4.23. The monoisotopic (exact) mass is 242 g/mol. The molecule has 0 radical (unpaired) electrons. The molecular formula is C13H14N4O. The lowest BCUT2D eigenvalue weighted by Gasteiger charge is -2.05. The molecule has 1 aromatic carbocycles. The van der Waals surface area contributed by atoms with Crippen molar-refractivity contribution in [3.05, 3.63) is 42.6 Å². The molecule has 0 atom stereocenters. The highest BCUT2D eigenvalue weighted by Gasteiger charge is 2.06. The summed E-state index contributed by atoms with van der Waals surface area (Å²) in [5.74, 6) is 1.81. The minimum Gasteiger partial charge on any atom is -0.497 e. The lowest BCUT2D eigenvalue weighted by molar-refractivity contribution is 0.415. The van der Waals surface area contributed by atoms with Crippen molar-refractivity contribution in [2.45, 2.75) is 6.54 Å². The van der Waals surface area contributed by atoms with E-state index < -0.39 is 0 Å². The summed E-state index contributed by atoms with van der Waals surface area (Å²) in [7, 11) is 3.63. The number of hydrogen-bond acceptors (Lipinski definition) is 3.